The lowest BCUT2D eigenvalue weighted by atomic mass is 10.2. The first-order valence-corrected chi connectivity index (χ1v) is 11.9. The second-order valence-corrected chi connectivity index (χ2v) is 8.49. The molecule has 1 amide bonds. The van der Waals surface area contributed by atoms with Crippen molar-refractivity contribution in [1.29, 1.82) is 0 Å². The van der Waals surface area contributed by atoms with Gasteiger partial charge in [0.2, 0.25) is 5.91 Å². The van der Waals surface area contributed by atoms with Gasteiger partial charge in [0.05, 0.1) is 25.0 Å². The second kappa shape index (κ2) is 10.7. The first kappa shape index (κ1) is 25.0. The Kier molecular flexibility index (Phi) is 7.07. The summed E-state index contributed by atoms with van der Waals surface area (Å²) in [5.41, 5.74) is 1.66. The molecule has 0 spiro atoms. The molecule has 1 saturated heterocycles. The second-order valence-electron chi connectivity index (χ2n) is 8.49. The molecule has 0 N–H and O–H groups in total. The van der Waals surface area contributed by atoms with Gasteiger partial charge in [0.15, 0.2) is 23.7 Å². The van der Waals surface area contributed by atoms with Crippen LogP contribution in [0.5, 0.6) is 0 Å². The van der Waals surface area contributed by atoms with E-state index in [1.165, 1.54) is 21.9 Å². The Morgan fingerprint density at radius 3 is 2.76 bits per heavy atom. The number of carbonyl (C=O) groups is 2. The summed E-state index contributed by atoms with van der Waals surface area (Å²) in [6, 6.07) is 9.60. The van der Waals surface area contributed by atoms with Gasteiger partial charge in [0.1, 0.15) is 23.5 Å². The molecule has 1 aromatic carbocycles. The van der Waals surface area contributed by atoms with Crippen molar-refractivity contribution in [3.63, 3.8) is 0 Å². The third-order valence-electron chi connectivity index (χ3n) is 6.19. The number of halogens is 2. The molecule has 0 saturated carbocycles. The smallest absolute Gasteiger partial charge is 0.295 e. The number of hydrogen-bond donors (Lipinski definition) is 0. The molecule has 5 rings (SSSR count). The van der Waals surface area contributed by atoms with Gasteiger partial charge in [-0.15, -0.1) is 0 Å². The maximum absolute atomic E-state index is 15.0. The highest BCUT2D eigenvalue weighted by molar-refractivity contribution is 5.76. The first-order chi connectivity index (χ1) is 18.5. The summed E-state index contributed by atoms with van der Waals surface area (Å²) < 4.78 is 41.0. The monoisotopic (exact) mass is 523 g/mol. The molecule has 0 radical (unpaired) electrons. The van der Waals surface area contributed by atoms with E-state index in [1.54, 1.807) is 42.2 Å². The maximum atomic E-state index is 15.0. The van der Waals surface area contributed by atoms with Crippen LogP contribution < -0.4 is 4.90 Å². The zero-order valence-electron chi connectivity index (χ0n) is 20.3. The van der Waals surface area contributed by atoms with Crippen molar-refractivity contribution < 1.29 is 27.6 Å². The zero-order valence-corrected chi connectivity index (χ0v) is 20.3. The number of hydrogen-bond acceptors (Lipinski definition) is 9. The number of benzene rings is 1. The molecule has 4 heterocycles. The largest absolute Gasteiger partial charge is 0.442 e. The molecule has 196 valence electrons. The number of rotatable bonds is 8. The third-order valence-corrected chi connectivity index (χ3v) is 6.19. The minimum absolute atomic E-state index is 0.0672. The van der Waals surface area contributed by atoms with Crippen molar-refractivity contribution >= 4 is 18.2 Å². The van der Waals surface area contributed by atoms with Crippen LogP contribution in [0.15, 0.2) is 53.4 Å². The summed E-state index contributed by atoms with van der Waals surface area (Å²) in [5, 5.41) is 8.51. The van der Waals surface area contributed by atoms with Crippen LogP contribution in [0.4, 0.5) is 14.6 Å². The van der Waals surface area contributed by atoms with Crippen molar-refractivity contribution in [1.82, 2.24) is 29.8 Å². The standard InChI is InChI=1S/C25H23F2N7O4/c1-2-22(36)32-8-9-33(23(14-32)37-15-35)25-18(27)12-28-24(29-25)20-11-21(19-7-10-38-31-19)34(30-20)13-16-5-3-4-6-17(16)26/h3-7,10-12,15,23H,2,8-9,13-14H2,1H3. The van der Waals surface area contributed by atoms with Gasteiger partial charge in [-0.05, 0) is 12.1 Å². The van der Waals surface area contributed by atoms with E-state index in [0.717, 1.165) is 6.20 Å². The van der Waals surface area contributed by atoms with E-state index in [-0.39, 0.29) is 49.3 Å². The minimum Gasteiger partial charge on any atom is -0.442 e. The van der Waals surface area contributed by atoms with Crippen LogP contribution >= 0.6 is 0 Å². The van der Waals surface area contributed by atoms with Crippen LogP contribution in [0.1, 0.15) is 18.9 Å². The minimum atomic E-state index is -0.932. The Labute approximate surface area is 215 Å². The van der Waals surface area contributed by atoms with E-state index in [2.05, 4.69) is 20.2 Å². The molecular formula is C25H23F2N7O4. The summed E-state index contributed by atoms with van der Waals surface area (Å²) in [6.07, 6.45) is 1.77. The lowest BCUT2D eigenvalue weighted by Crippen LogP contribution is -2.56. The van der Waals surface area contributed by atoms with E-state index < -0.39 is 17.9 Å². The summed E-state index contributed by atoms with van der Waals surface area (Å²) in [6.45, 7) is 2.63. The van der Waals surface area contributed by atoms with Gasteiger partial charge in [-0.1, -0.05) is 30.3 Å². The normalized spacial score (nSPS) is 15.5. The van der Waals surface area contributed by atoms with E-state index >= 15 is 0 Å². The molecule has 1 aliphatic rings. The number of amides is 1. The van der Waals surface area contributed by atoms with Crippen molar-refractivity contribution in [3.05, 3.63) is 66.1 Å². The fourth-order valence-corrected chi connectivity index (χ4v) is 4.29. The molecule has 1 fully saturated rings. The van der Waals surface area contributed by atoms with Gasteiger partial charge in [-0.2, -0.15) is 5.10 Å². The van der Waals surface area contributed by atoms with Crippen LogP contribution in [-0.2, 0) is 20.9 Å². The highest BCUT2D eigenvalue weighted by Crippen LogP contribution is 2.28. The lowest BCUT2D eigenvalue weighted by molar-refractivity contribution is -0.142. The summed E-state index contributed by atoms with van der Waals surface area (Å²) in [7, 11) is 0. The van der Waals surface area contributed by atoms with Crippen LogP contribution in [0.25, 0.3) is 22.9 Å². The van der Waals surface area contributed by atoms with Gasteiger partial charge < -0.3 is 19.1 Å². The first-order valence-electron chi connectivity index (χ1n) is 11.9. The van der Waals surface area contributed by atoms with Crippen LogP contribution in [0.3, 0.4) is 0 Å². The molecule has 0 aliphatic carbocycles. The van der Waals surface area contributed by atoms with Gasteiger partial charge in [0, 0.05) is 31.1 Å². The highest BCUT2D eigenvalue weighted by atomic mass is 19.1. The van der Waals surface area contributed by atoms with Gasteiger partial charge in [-0.25, -0.2) is 18.7 Å². The third kappa shape index (κ3) is 4.94. The van der Waals surface area contributed by atoms with Gasteiger partial charge in [0.25, 0.3) is 6.47 Å². The van der Waals surface area contributed by atoms with E-state index in [1.807, 2.05) is 0 Å². The molecule has 13 heteroatoms. The van der Waals surface area contributed by atoms with Crippen molar-refractivity contribution in [2.24, 2.45) is 0 Å². The number of piperazine rings is 1. The molecule has 1 unspecified atom stereocenters. The Balaban J connectivity index is 1.50. The summed E-state index contributed by atoms with van der Waals surface area (Å²) in [4.78, 5) is 34.9. The van der Waals surface area contributed by atoms with Gasteiger partial charge >= 0.3 is 0 Å². The summed E-state index contributed by atoms with van der Waals surface area (Å²) >= 11 is 0. The number of anilines is 1. The molecule has 4 aromatic rings. The van der Waals surface area contributed by atoms with E-state index in [0.29, 0.717) is 29.9 Å². The Morgan fingerprint density at radius 2 is 2.03 bits per heavy atom. The SMILES string of the molecule is CCC(=O)N1CCN(c2nc(-c3cc(-c4ccon4)n(Cc4ccccc4F)n3)ncc2F)C(OC=O)C1. The maximum Gasteiger partial charge on any atom is 0.295 e. The molecule has 11 nitrogen and oxygen atoms in total. The topological polar surface area (TPSA) is 119 Å². The Bertz CT molecular complexity index is 1440. The Morgan fingerprint density at radius 1 is 1.18 bits per heavy atom. The lowest BCUT2D eigenvalue weighted by Gasteiger charge is -2.40. The van der Waals surface area contributed by atoms with E-state index in [4.69, 9.17) is 9.26 Å². The summed E-state index contributed by atoms with van der Waals surface area (Å²) in [5.74, 6) is -1.23. The quantitative estimate of drug-likeness (QED) is 0.321. The average Bonchev–Trinajstić information content (AvgIpc) is 3.60. The predicted octanol–water partition coefficient (Wildman–Crippen LogP) is 2.88. The Hall–Kier alpha value is -4.68. The van der Waals surface area contributed by atoms with Crippen LogP contribution in [0, 0.1) is 11.6 Å². The van der Waals surface area contributed by atoms with Crippen molar-refractivity contribution in [2.75, 3.05) is 24.5 Å². The zero-order chi connectivity index (χ0) is 26.6. The molecule has 1 atom stereocenters. The van der Waals surface area contributed by atoms with E-state index in [9.17, 15) is 18.4 Å². The fraction of sp³-hybridized carbons (Fsp3) is 0.280. The van der Waals surface area contributed by atoms with Gasteiger partial charge in [-0.3, -0.25) is 14.3 Å². The molecule has 1 aliphatic heterocycles. The van der Waals surface area contributed by atoms with Crippen molar-refractivity contribution in [3.8, 4) is 22.9 Å². The highest BCUT2D eigenvalue weighted by Gasteiger charge is 2.33. The molecule has 38 heavy (non-hydrogen) atoms. The van der Waals surface area contributed by atoms with Crippen LogP contribution in [-0.4, -0.2) is 68.0 Å². The molecule has 3 aromatic heterocycles. The number of nitrogens with zero attached hydrogens (tertiary/aromatic N) is 7. The predicted molar refractivity (Wildman–Crippen MR) is 129 cm³/mol. The van der Waals surface area contributed by atoms with Crippen LogP contribution in [0.2, 0.25) is 0 Å². The number of aromatic nitrogens is 5. The molecule has 0 bridgehead atoms. The number of carbonyl (C=O) groups excluding carboxylic acids is 2. The molecular weight excluding hydrogens is 500 g/mol. The van der Waals surface area contributed by atoms with Crippen molar-refractivity contribution in [2.45, 2.75) is 26.1 Å². The fourth-order valence-electron chi connectivity index (χ4n) is 4.29. The number of ether oxygens (including phenoxy) is 1. The average molecular weight is 524 g/mol.